The van der Waals surface area contributed by atoms with E-state index in [2.05, 4.69) is 55.5 Å². The molecular formula is C28H46O5. The molecule has 188 valence electrons. The second-order valence-corrected chi connectivity index (χ2v) is 7.99. The van der Waals surface area contributed by atoms with Crippen LogP contribution in [0.4, 0.5) is 0 Å². The lowest BCUT2D eigenvalue weighted by molar-refractivity contribution is -0.161. The van der Waals surface area contributed by atoms with Crippen LogP contribution >= 0.6 is 0 Å². The van der Waals surface area contributed by atoms with Gasteiger partial charge in [-0.25, -0.2) is 0 Å². The number of esters is 2. The number of aliphatic hydroxyl groups excluding tert-OH is 1. The molecule has 0 aromatic heterocycles. The molecule has 0 saturated carbocycles. The predicted octanol–water partition coefficient (Wildman–Crippen LogP) is 6.77. The molecule has 5 heteroatoms. The van der Waals surface area contributed by atoms with Gasteiger partial charge in [-0.1, -0.05) is 88.1 Å². The maximum atomic E-state index is 11.8. The van der Waals surface area contributed by atoms with E-state index in [0.717, 1.165) is 51.4 Å². The van der Waals surface area contributed by atoms with E-state index in [1.165, 1.54) is 19.3 Å². The number of hydrogen-bond acceptors (Lipinski definition) is 5. The van der Waals surface area contributed by atoms with Crippen LogP contribution in [-0.4, -0.2) is 36.4 Å². The molecule has 0 fully saturated rings. The molecule has 0 heterocycles. The van der Waals surface area contributed by atoms with Crippen molar-refractivity contribution in [2.75, 3.05) is 13.2 Å². The van der Waals surface area contributed by atoms with Gasteiger partial charge in [0.1, 0.15) is 6.61 Å². The standard InChI is InChI=1S/C28H46O5/c1-3-5-6-7-8-9-10-11-12-13-14-15-16-17-18-19-20-21-22-23-28(31)33-26(24-29)25-32-27(30)4-2/h5-6,8-9,11-12,14-15,26,29H,3-4,7,10,13,16-25H2,1-2H3/b6-5-,9-8-,12-11-,15-14-. The maximum Gasteiger partial charge on any atom is 0.306 e. The van der Waals surface area contributed by atoms with E-state index in [1.807, 2.05) is 0 Å². The van der Waals surface area contributed by atoms with Gasteiger partial charge in [-0.15, -0.1) is 0 Å². The molecule has 33 heavy (non-hydrogen) atoms. The Morgan fingerprint density at radius 3 is 1.85 bits per heavy atom. The molecular weight excluding hydrogens is 416 g/mol. The summed E-state index contributed by atoms with van der Waals surface area (Å²) in [5.74, 6) is -0.715. The summed E-state index contributed by atoms with van der Waals surface area (Å²) in [6.07, 6.45) is 29.3. The Morgan fingerprint density at radius 1 is 0.727 bits per heavy atom. The Morgan fingerprint density at radius 2 is 1.27 bits per heavy atom. The first kappa shape index (κ1) is 30.9. The zero-order chi connectivity index (χ0) is 24.4. The third kappa shape index (κ3) is 22.8. The summed E-state index contributed by atoms with van der Waals surface area (Å²) in [6.45, 7) is 3.40. The van der Waals surface area contributed by atoms with Gasteiger partial charge in [0, 0.05) is 12.8 Å². The van der Waals surface area contributed by atoms with Crippen LogP contribution in [-0.2, 0) is 19.1 Å². The molecule has 0 amide bonds. The molecule has 0 spiro atoms. The molecule has 1 atom stereocenters. The van der Waals surface area contributed by atoms with E-state index in [9.17, 15) is 14.7 Å². The first-order valence-electron chi connectivity index (χ1n) is 12.7. The van der Waals surface area contributed by atoms with Crippen molar-refractivity contribution in [1.29, 1.82) is 0 Å². The molecule has 0 aromatic carbocycles. The van der Waals surface area contributed by atoms with Crippen molar-refractivity contribution in [2.24, 2.45) is 0 Å². The second-order valence-electron chi connectivity index (χ2n) is 7.99. The lowest BCUT2D eigenvalue weighted by atomic mass is 10.1. The highest BCUT2D eigenvalue weighted by Crippen LogP contribution is 2.10. The zero-order valence-corrected chi connectivity index (χ0v) is 20.9. The molecule has 0 radical (unpaired) electrons. The van der Waals surface area contributed by atoms with Gasteiger partial charge in [-0.3, -0.25) is 9.59 Å². The Kier molecular flexibility index (Phi) is 22.9. The lowest BCUT2D eigenvalue weighted by Crippen LogP contribution is -2.28. The van der Waals surface area contributed by atoms with E-state index in [0.29, 0.717) is 6.42 Å². The minimum absolute atomic E-state index is 0.0891. The summed E-state index contributed by atoms with van der Waals surface area (Å²) >= 11 is 0. The van der Waals surface area contributed by atoms with E-state index >= 15 is 0 Å². The Bertz CT molecular complexity index is 589. The Labute approximate surface area is 201 Å². The van der Waals surface area contributed by atoms with Crippen LogP contribution < -0.4 is 0 Å². The van der Waals surface area contributed by atoms with Crippen molar-refractivity contribution in [1.82, 2.24) is 0 Å². The molecule has 0 saturated heterocycles. The fourth-order valence-corrected chi connectivity index (χ4v) is 2.99. The van der Waals surface area contributed by atoms with Crippen LogP contribution in [0.5, 0.6) is 0 Å². The summed E-state index contributed by atoms with van der Waals surface area (Å²) in [5.41, 5.74) is 0. The van der Waals surface area contributed by atoms with E-state index in [4.69, 9.17) is 9.47 Å². The van der Waals surface area contributed by atoms with Crippen molar-refractivity contribution in [2.45, 2.75) is 103 Å². The van der Waals surface area contributed by atoms with Crippen molar-refractivity contribution in [3.8, 4) is 0 Å². The summed E-state index contributed by atoms with van der Waals surface area (Å²) in [5, 5.41) is 9.21. The topological polar surface area (TPSA) is 72.8 Å². The monoisotopic (exact) mass is 462 g/mol. The van der Waals surface area contributed by atoms with Gasteiger partial charge < -0.3 is 14.6 Å². The van der Waals surface area contributed by atoms with Crippen LogP contribution in [0.3, 0.4) is 0 Å². The first-order valence-corrected chi connectivity index (χ1v) is 12.7. The number of ether oxygens (including phenoxy) is 2. The number of rotatable bonds is 21. The highest BCUT2D eigenvalue weighted by molar-refractivity contribution is 5.70. The summed E-state index contributed by atoms with van der Waals surface area (Å²) < 4.78 is 10.0. The predicted molar refractivity (Wildman–Crippen MR) is 136 cm³/mol. The fourth-order valence-electron chi connectivity index (χ4n) is 2.99. The van der Waals surface area contributed by atoms with Crippen LogP contribution in [0.25, 0.3) is 0 Å². The van der Waals surface area contributed by atoms with E-state index in [1.54, 1.807) is 6.92 Å². The average Bonchev–Trinajstić information content (AvgIpc) is 2.82. The van der Waals surface area contributed by atoms with Crippen LogP contribution in [0.1, 0.15) is 97.3 Å². The van der Waals surface area contributed by atoms with Gasteiger partial charge in [-0.2, -0.15) is 0 Å². The number of aliphatic hydroxyl groups is 1. The van der Waals surface area contributed by atoms with Crippen molar-refractivity contribution in [3.63, 3.8) is 0 Å². The average molecular weight is 463 g/mol. The minimum Gasteiger partial charge on any atom is -0.462 e. The first-order chi connectivity index (χ1) is 16.1. The van der Waals surface area contributed by atoms with Crippen molar-refractivity contribution in [3.05, 3.63) is 48.6 Å². The fraction of sp³-hybridized carbons (Fsp3) is 0.643. The molecule has 0 aliphatic heterocycles. The number of hydrogen-bond donors (Lipinski definition) is 1. The number of carbonyl (C=O) groups is 2. The largest absolute Gasteiger partial charge is 0.462 e. The van der Waals surface area contributed by atoms with E-state index < -0.39 is 6.10 Å². The highest BCUT2D eigenvalue weighted by atomic mass is 16.6. The third-order valence-corrected chi connectivity index (χ3v) is 4.94. The molecule has 1 unspecified atom stereocenters. The molecule has 5 nitrogen and oxygen atoms in total. The summed E-state index contributed by atoms with van der Waals surface area (Å²) in [6, 6.07) is 0. The van der Waals surface area contributed by atoms with Crippen molar-refractivity contribution < 1.29 is 24.2 Å². The second kappa shape index (κ2) is 24.5. The quantitative estimate of drug-likeness (QED) is 0.116. The SMILES string of the molecule is CC/C=C\C/C=C\C/C=C\C/C=C\CCCCCCCCC(=O)OC(CO)COC(=O)CC. The van der Waals surface area contributed by atoms with Gasteiger partial charge in [0.05, 0.1) is 6.61 Å². The number of unbranched alkanes of at least 4 members (excludes halogenated alkanes) is 6. The molecule has 0 aliphatic rings. The van der Waals surface area contributed by atoms with Gasteiger partial charge >= 0.3 is 11.9 Å². The van der Waals surface area contributed by atoms with Crippen molar-refractivity contribution >= 4 is 11.9 Å². The normalized spacial score (nSPS) is 12.9. The zero-order valence-electron chi connectivity index (χ0n) is 20.9. The Balaban J connectivity index is 3.54. The van der Waals surface area contributed by atoms with Crippen LogP contribution in [0.2, 0.25) is 0 Å². The van der Waals surface area contributed by atoms with Gasteiger partial charge in [0.15, 0.2) is 6.10 Å². The van der Waals surface area contributed by atoms with Gasteiger partial charge in [0.25, 0.3) is 0 Å². The highest BCUT2D eigenvalue weighted by Gasteiger charge is 2.15. The summed E-state index contributed by atoms with van der Waals surface area (Å²) in [4.78, 5) is 22.9. The van der Waals surface area contributed by atoms with Gasteiger partial charge in [0.2, 0.25) is 0 Å². The molecule has 0 aliphatic carbocycles. The third-order valence-electron chi connectivity index (χ3n) is 4.94. The summed E-state index contributed by atoms with van der Waals surface area (Å²) in [7, 11) is 0. The lowest BCUT2D eigenvalue weighted by Gasteiger charge is -2.15. The molecule has 0 aromatic rings. The van der Waals surface area contributed by atoms with Crippen LogP contribution in [0, 0.1) is 0 Å². The van der Waals surface area contributed by atoms with Gasteiger partial charge in [-0.05, 0) is 44.9 Å². The molecule has 0 bridgehead atoms. The smallest absolute Gasteiger partial charge is 0.306 e. The van der Waals surface area contributed by atoms with Crippen LogP contribution in [0.15, 0.2) is 48.6 Å². The number of carbonyl (C=O) groups excluding carboxylic acids is 2. The number of allylic oxidation sites excluding steroid dienone is 8. The molecule has 1 N–H and O–H groups in total. The van der Waals surface area contributed by atoms with E-state index in [-0.39, 0.29) is 31.6 Å². The maximum absolute atomic E-state index is 11.8. The Hall–Kier alpha value is -2.14. The molecule has 0 rings (SSSR count). The minimum atomic E-state index is -0.772.